The normalized spacial score (nSPS) is 15.7. The topological polar surface area (TPSA) is 60.7 Å². The van der Waals surface area contributed by atoms with Gasteiger partial charge in [-0.3, -0.25) is 0 Å². The zero-order valence-corrected chi connectivity index (χ0v) is 21.6. The molecule has 34 heavy (non-hydrogen) atoms. The van der Waals surface area contributed by atoms with E-state index in [1.807, 2.05) is 0 Å². The molecule has 0 aliphatic heterocycles. The van der Waals surface area contributed by atoms with Gasteiger partial charge in [-0.05, 0) is 38.5 Å². The van der Waals surface area contributed by atoms with Crippen LogP contribution in [-0.2, 0) is 0 Å². The summed E-state index contributed by atoms with van der Waals surface area (Å²) in [5, 5.41) is 30.2. The summed E-state index contributed by atoms with van der Waals surface area (Å²) >= 11 is 0. The van der Waals surface area contributed by atoms with E-state index in [0.29, 0.717) is 6.54 Å². The molecule has 4 nitrogen and oxygen atoms in total. The highest BCUT2D eigenvalue weighted by Crippen LogP contribution is 2.17. The molecule has 0 fully saturated rings. The van der Waals surface area contributed by atoms with Crippen LogP contribution in [0.5, 0.6) is 0 Å². The molecule has 0 aromatic rings. The number of aliphatic hydroxyl groups is 3. The highest BCUT2D eigenvalue weighted by molar-refractivity contribution is 4.97. The van der Waals surface area contributed by atoms with E-state index in [-0.39, 0.29) is 24.1 Å². The van der Waals surface area contributed by atoms with Crippen molar-refractivity contribution in [3.8, 4) is 37.0 Å². The van der Waals surface area contributed by atoms with Crippen LogP contribution in [0.15, 0.2) is 12.2 Å². The second-order valence-electron chi connectivity index (χ2n) is 9.60. The van der Waals surface area contributed by atoms with Gasteiger partial charge in [0.15, 0.2) is 18.3 Å². The molecule has 3 N–H and O–H groups in total. The quantitative estimate of drug-likeness (QED) is 0.0916. The predicted octanol–water partition coefficient (Wildman–Crippen LogP) is 4.82. The second kappa shape index (κ2) is 21.8. The minimum Gasteiger partial charge on any atom is -0.375 e. The van der Waals surface area contributed by atoms with Gasteiger partial charge in [0.25, 0.3) is 0 Å². The average molecular weight is 473 g/mol. The summed E-state index contributed by atoms with van der Waals surface area (Å²) in [5.74, 6) is 6.98. The Hall–Kier alpha value is -1.74. The third-order valence-corrected chi connectivity index (χ3v) is 6.40. The Morgan fingerprint density at radius 1 is 0.588 bits per heavy atom. The van der Waals surface area contributed by atoms with Crippen LogP contribution < -0.4 is 0 Å². The van der Waals surface area contributed by atoms with Crippen LogP contribution in [-0.4, -0.2) is 64.3 Å². The molecule has 0 aromatic carbocycles. The van der Waals surface area contributed by atoms with Gasteiger partial charge in [-0.25, -0.2) is 0 Å². The Kier molecular flexibility index (Phi) is 20.7. The molecular formula is C30H50NO3+. The van der Waals surface area contributed by atoms with E-state index in [9.17, 15) is 15.3 Å². The fraction of sp³-hybridized carbons (Fsp3) is 0.733. The highest BCUT2D eigenvalue weighted by Gasteiger charge is 2.34. The predicted molar refractivity (Wildman–Crippen MR) is 144 cm³/mol. The monoisotopic (exact) mass is 472 g/mol. The van der Waals surface area contributed by atoms with Gasteiger partial charge in [0.2, 0.25) is 0 Å². The molecule has 0 bridgehead atoms. The van der Waals surface area contributed by atoms with Gasteiger partial charge in [0.1, 0.15) is 19.6 Å². The van der Waals surface area contributed by atoms with E-state index < -0.39 is 18.3 Å². The van der Waals surface area contributed by atoms with Crippen molar-refractivity contribution in [1.29, 1.82) is 0 Å². The lowest BCUT2D eigenvalue weighted by Crippen LogP contribution is -2.58. The Bertz CT molecular complexity index is 582. The van der Waals surface area contributed by atoms with Gasteiger partial charge in [0.05, 0.1) is 6.54 Å². The largest absolute Gasteiger partial charge is 0.375 e. The molecule has 0 aliphatic rings. The molecule has 0 rings (SSSR count). The fourth-order valence-corrected chi connectivity index (χ4v) is 4.45. The Morgan fingerprint density at radius 2 is 0.941 bits per heavy atom. The van der Waals surface area contributed by atoms with Gasteiger partial charge < -0.3 is 19.8 Å². The van der Waals surface area contributed by atoms with Crippen LogP contribution in [0.2, 0.25) is 0 Å². The fourth-order valence-electron chi connectivity index (χ4n) is 4.45. The smallest absolute Gasteiger partial charge is 0.163 e. The first-order valence-corrected chi connectivity index (χ1v) is 13.4. The number of hydrogen-bond acceptors (Lipinski definition) is 3. The van der Waals surface area contributed by atoms with Crippen molar-refractivity contribution in [2.45, 2.75) is 115 Å². The summed E-state index contributed by atoms with van der Waals surface area (Å²) in [6.07, 6.45) is 35.1. The zero-order chi connectivity index (χ0) is 25.5. The first-order chi connectivity index (χ1) is 16.4. The Balaban J connectivity index is 4.22. The number of quaternary nitrogens is 1. The van der Waals surface area contributed by atoms with E-state index in [1.54, 1.807) is 0 Å². The standard InChI is InChI=1S/C30H50NO3/c1-5-9-10-11-12-13-14-15-16-17-18-19-20-21-22-23-24-31(25-28(32)6-2,26-29(33)7-3)27-30(34)8-4/h2-4,15-16,28-30,32-34H,5,9-14,17-27H2,1H3/q+1/b16-15+. The van der Waals surface area contributed by atoms with Crippen molar-refractivity contribution in [2.75, 3.05) is 26.2 Å². The number of aliphatic hydroxyl groups excluding tert-OH is 3. The van der Waals surface area contributed by atoms with E-state index >= 15 is 0 Å². The average Bonchev–Trinajstić information content (AvgIpc) is 2.83. The summed E-state index contributed by atoms with van der Waals surface area (Å²) in [5.41, 5.74) is 0. The van der Waals surface area contributed by atoms with Gasteiger partial charge in [0, 0.05) is 0 Å². The second-order valence-corrected chi connectivity index (χ2v) is 9.60. The highest BCUT2D eigenvalue weighted by atomic mass is 16.3. The van der Waals surface area contributed by atoms with Crippen LogP contribution in [0, 0.1) is 37.0 Å². The molecule has 4 heteroatoms. The molecule has 3 atom stereocenters. The lowest BCUT2D eigenvalue weighted by atomic mass is 10.1. The first-order valence-electron chi connectivity index (χ1n) is 13.4. The van der Waals surface area contributed by atoms with E-state index in [0.717, 1.165) is 25.7 Å². The summed E-state index contributed by atoms with van der Waals surface area (Å²) in [7, 11) is 0. The minimum absolute atomic E-state index is 0.207. The summed E-state index contributed by atoms with van der Waals surface area (Å²) < 4.78 is 0.214. The van der Waals surface area contributed by atoms with Crippen LogP contribution in [0.25, 0.3) is 0 Å². The van der Waals surface area contributed by atoms with Crippen LogP contribution in [0.4, 0.5) is 0 Å². The number of unbranched alkanes of at least 4 members (excludes halogenated alkanes) is 12. The number of nitrogens with zero attached hydrogens (tertiary/aromatic N) is 1. The van der Waals surface area contributed by atoms with Crippen molar-refractivity contribution in [3.05, 3.63) is 12.2 Å². The molecule has 192 valence electrons. The third-order valence-electron chi connectivity index (χ3n) is 6.40. The molecule has 0 aliphatic carbocycles. The first kappa shape index (κ1) is 32.3. The number of hydrogen-bond donors (Lipinski definition) is 3. The summed E-state index contributed by atoms with van der Waals surface area (Å²) in [6, 6.07) is 0. The number of terminal acetylenes is 3. The van der Waals surface area contributed by atoms with Crippen molar-refractivity contribution in [2.24, 2.45) is 0 Å². The third kappa shape index (κ3) is 17.7. The van der Waals surface area contributed by atoms with Gasteiger partial charge in [-0.1, -0.05) is 88.2 Å². The Morgan fingerprint density at radius 3 is 1.32 bits per heavy atom. The molecular weight excluding hydrogens is 422 g/mol. The zero-order valence-electron chi connectivity index (χ0n) is 21.6. The maximum atomic E-state index is 10.1. The molecule has 0 spiro atoms. The molecule has 0 saturated carbocycles. The van der Waals surface area contributed by atoms with Gasteiger partial charge in [-0.2, -0.15) is 0 Å². The van der Waals surface area contributed by atoms with Gasteiger partial charge >= 0.3 is 0 Å². The van der Waals surface area contributed by atoms with Crippen molar-refractivity contribution in [1.82, 2.24) is 0 Å². The van der Waals surface area contributed by atoms with Crippen molar-refractivity contribution >= 4 is 0 Å². The van der Waals surface area contributed by atoms with E-state index in [1.165, 1.54) is 64.2 Å². The maximum Gasteiger partial charge on any atom is 0.163 e. The van der Waals surface area contributed by atoms with E-state index in [4.69, 9.17) is 19.3 Å². The summed E-state index contributed by atoms with van der Waals surface area (Å²) in [6.45, 7) is 3.53. The molecule has 0 heterocycles. The molecule has 3 unspecified atom stereocenters. The van der Waals surface area contributed by atoms with Crippen LogP contribution >= 0.6 is 0 Å². The van der Waals surface area contributed by atoms with Crippen molar-refractivity contribution < 1.29 is 19.8 Å². The minimum atomic E-state index is -0.982. The number of allylic oxidation sites excluding steroid dienone is 2. The molecule has 0 amide bonds. The maximum absolute atomic E-state index is 10.1. The van der Waals surface area contributed by atoms with Gasteiger partial charge in [-0.15, -0.1) is 19.3 Å². The van der Waals surface area contributed by atoms with Crippen LogP contribution in [0.1, 0.15) is 96.8 Å². The SMILES string of the molecule is C#CC(O)C[N+](CCCCCCCC/C=C/CCCCCCCC)(CC(O)C#C)CC(O)C#C. The van der Waals surface area contributed by atoms with E-state index in [2.05, 4.69) is 36.8 Å². The summed E-state index contributed by atoms with van der Waals surface area (Å²) in [4.78, 5) is 0. The van der Waals surface area contributed by atoms with Crippen LogP contribution in [0.3, 0.4) is 0 Å². The molecule has 0 aromatic heterocycles. The Labute approximate surface area is 210 Å². The lowest BCUT2D eigenvalue weighted by Gasteiger charge is -2.40. The van der Waals surface area contributed by atoms with Crippen molar-refractivity contribution in [3.63, 3.8) is 0 Å². The molecule has 0 radical (unpaired) electrons. The number of rotatable bonds is 22. The lowest BCUT2D eigenvalue weighted by molar-refractivity contribution is -0.934. The molecule has 0 saturated heterocycles.